The average molecular weight is 377 g/mol. The average Bonchev–Trinajstić information content (AvgIpc) is 2.73. The predicted octanol–water partition coefficient (Wildman–Crippen LogP) is 1.75. The summed E-state index contributed by atoms with van der Waals surface area (Å²) in [4.78, 5) is 16.3. The van der Waals surface area contributed by atoms with Crippen LogP contribution in [0.15, 0.2) is 22.8 Å². The van der Waals surface area contributed by atoms with Crippen LogP contribution < -0.4 is 0 Å². The molecule has 2 aromatic heterocycles. The van der Waals surface area contributed by atoms with E-state index in [1.54, 1.807) is 25.3 Å². The monoisotopic (exact) mass is 376 g/mol. The van der Waals surface area contributed by atoms with Crippen molar-refractivity contribution in [2.45, 2.75) is 13.5 Å². The Morgan fingerprint density at radius 1 is 1.48 bits per heavy atom. The van der Waals surface area contributed by atoms with E-state index >= 15 is 0 Å². The maximum atomic E-state index is 12.1. The van der Waals surface area contributed by atoms with Crippen molar-refractivity contribution in [3.05, 3.63) is 34.2 Å². The molecule has 0 fully saturated rings. The summed E-state index contributed by atoms with van der Waals surface area (Å²) in [7, 11) is -3.63. The highest BCUT2D eigenvalue weighted by atomic mass is 79.9. The lowest BCUT2D eigenvalue weighted by Gasteiger charge is -2.04. The summed E-state index contributed by atoms with van der Waals surface area (Å²) < 4.78 is 34.2. The zero-order valence-electron chi connectivity index (χ0n) is 11.4. The van der Waals surface area contributed by atoms with E-state index in [0.29, 0.717) is 5.65 Å². The summed E-state index contributed by atoms with van der Waals surface area (Å²) in [6, 6.07) is 3.44. The van der Waals surface area contributed by atoms with Gasteiger partial charge in [0.1, 0.15) is 17.9 Å². The zero-order valence-corrected chi connectivity index (χ0v) is 13.8. The van der Waals surface area contributed by atoms with Gasteiger partial charge in [-0.2, -0.15) is 8.42 Å². The van der Waals surface area contributed by atoms with Crippen LogP contribution in [0.25, 0.3) is 5.65 Å². The number of carbonyl (C=O) groups is 1. The van der Waals surface area contributed by atoms with Gasteiger partial charge in [0.2, 0.25) is 0 Å². The van der Waals surface area contributed by atoms with E-state index < -0.39 is 16.1 Å². The Morgan fingerprint density at radius 2 is 2.19 bits per heavy atom. The van der Waals surface area contributed by atoms with Gasteiger partial charge in [-0.05, 0) is 19.1 Å². The number of hydrogen-bond acceptors (Lipinski definition) is 6. The van der Waals surface area contributed by atoms with Gasteiger partial charge in [0.05, 0.1) is 12.9 Å². The molecule has 21 heavy (non-hydrogen) atoms. The molecule has 0 bridgehead atoms. The molecule has 0 aliphatic heterocycles. The maximum absolute atomic E-state index is 12.1. The van der Waals surface area contributed by atoms with E-state index in [1.165, 1.54) is 4.40 Å². The van der Waals surface area contributed by atoms with Gasteiger partial charge < -0.3 is 4.74 Å². The lowest BCUT2D eigenvalue weighted by molar-refractivity contribution is 0.0515. The molecular weight excluding hydrogens is 364 g/mol. The Balaban J connectivity index is 2.51. The van der Waals surface area contributed by atoms with Crippen molar-refractivity contribution >= 4 is 37.7 Å². The minimum absolute atomic E-state index is 0.156. The van der Waals surface area contributed by atoms with Gasteiger partial charge in [-0.1, -0.05) is 15.9 Å². The number of fused-ring (bicyclic) bond motifs is 1. The van der Waals surface area contributed by atoms with Crippen LogP contribution in [-0.4, -0.2) is 36.6 Å². The molecule has 2 rings (SSSR count). The number of pyridine rings is 1. The number of halogens is 1. The summed E-state index contributed by atoms with van der Waals surface area (Å²) in [5.41, 5.74) is 0.847. The predicted molar refractivity (Wildman–Crippen MR) is 78.5 cm³/mol. The first-order chi connectivity index (χ1) is 9.81. The molecule has 0 atom stereocenters. The number of rotatable bonds is 5. The van der Waals surface area contributed by atoms with Crippen LogP contribution in [0.5, 0.6) is 0 Å². The molecule has 0 aliphatic rings. The second-order valence-electron chi connectivity index (χ2n) is 4.17. The van der Waals surface area contributed by atoms with Crippen molar-refractivity contribution in [1.29, 1.82) is 0 Å². The highest BCUT2D eigenvalue weighted by Gasteiger charge is 2.21. The first-order valence-electron chi connectivity index (χ1n) is 6.00. The highest BCUT2D eigenvalue weighted by molar-refractivity contribution is 9.10. The van der Waals surface area contributed by atoms with Gasteiger partial charge in [0.15, 0.2) is 5.69 Å². The van der Waals surface area contributed by atoms with Crippen molar-refractivity contribution in [2.24, 2.45) is 0 Å². The van der Waals surface area contributed by atoms with Gasteiger partial charge in [-0.15, -0.1) is 0 Å². The third-order valence-electron chi connectivity index (χ3n) is 2.54. The molecule has 9 heteroatoms. The van der Waals surface area contributed by atoms with Crippen LogP contribution in [-0.2, 0) is 25.6 Å². The fraction of sp³-hybridized carbons (Fsp3) is 0.333. The summed E-state index contributed by atoms with van der Waals surface area (Å²) in [6.07, 6.45) is 2.58. The van der Waals surface area contributed by atoms with E-state index in [-0.39, 0.29) is 24.6 Å². The SMILES string of the molecule is CCOC(=O)c1c(COS(C)(=O)=O)nc2cc(Br)ccn12. The van der Waals surface area contributed by atoms with Gasteiger partial charge in [-0.3, -0.25) is 8.58 Å². The van der Waals surface area contributed by atoms with Crippen molar-refractivity contribution in [2.75, 3.05) is 12.9 Å². The van der Waals surface area contributed by atoms with Crippen LogP contribution in [0.3, 0.4) is 0 Å². The molecule has 0 N–H and O–H groups in total. The fourth-order valence-corrected chi connectivity index (χ4v) is 2.40. The molecule has 0 saturated heterocycles. The molecule has 7 nitrogen and oxygen atoms in total. The number of aromatic nitrogens is 2. The van der Waals surface area contributed by atoms with Crippen LogP contribution in [0.4, 0.5) is 0 Å². The van der Waals surface area contributed by atoms with Crippen LogP contribution in [0.2, 0.25) is 0 Å². The molecule has 0 amide bonds. The standard InChI is InChI=1S/C12H13BrN2O5S/c1-3-19-12(16)11-9(7-20-21(2,17)18)14-10-6-8(13)4-5-15(10)11/h4-6H,3,7H2,1-2H3. The van der Waals surface area contributed by atoms with Gasteiger partial charge in [0, 0.05) is 10.7 Å². The molecule has 0 spiro atoms. The van der Waals surface area contributed by atoms with Crippen LogP contribution >= 0.6 is 15.9 Å². The third kappa shape index (κ3) is 3.80. The molecule has 2 heterocycles. The summed E-state index contributed by atoms with van der Waals surface area (Å²) in [6.45, 7) is 1.56. The Kier molecular flexibility index (Phi) is 4.64. The van der Waals surface area contributed by atoms with Gasteiger partial charge in [0.25, 0.3) is 10.1 Å². The Hall–Kier alpha value is -1.45. The molecule has 2 aromatic rings. The molecule has 0 aromatic carbocycles. The van der Waals surface area contributed by atoms with Gasteiger partial charge in [-0.25, -0.2) is 9.78 Å². The molecule has 114 valence electrons. The van der Waals surface area contributed by atoms with Crippen molar-refractivity contribution in [3.63, 3.8) is 0 Å². The fourth-order valence-electron chi connectivity index (χ4n) is 1.75. The molecule has 0 radical (unpaired) electrons. The Bertz CT molecular complexity index is 784. The largest absolute Gasteiger partial charge is 0.461 e. The van der Waals surface area contributed by atoms with Crippen molar-refractivity contribution in [1.82, 2.24) is 9.38 Å². The van der Waals surface area contributed by atoms with E-state index in [9.17, 15) is 13.2 Å². The minimum Gasteiger partial charge on any atom is -0.461 e. The number of esters is 1. The normalized spacial score (nSPS) is 11.8. The number of imidazole rings is 1. The molecule has 0 saturated carbocycles. The number of nitrogens with zero attached hydrogens (tertiary/aromatic N) is 2. The maximum Gasteiger partial charge on any atom is 0.357 e. The second-order valence-corrected chi connectivity index (χ2v) is 6.73. The first-order valence-corrected chi connectivity index (χ1v) is 8.60. The number of ether oxygens (including phenoxy) is 1. The van der Waals surface area contributed by atoms with E-state index in [4.69, 9.17) is 8.92 Å². The minimum atomic E-state index is -3.63. The van der Waals surface area contributed by atoms with Crippen LogP contribution in [0.1, 0.15) is 23.1 Å². The van der Waals surface area contributed by atoms with Gasteiger partial charge >= 0.3 is 5.97 Å². The van der Waals surface area contributed by atoms with E-state index in [1.807, 2.05) is 0 Å². The van der Waals surface area contributed by atoms with Crippen molar-refractivity contribution in [3.8, 4) is 0 Å². The Morgan fingerprint density at radius 3 is 2.81 bits per heavy atom. The molecule has 0 aliphatic carbocycles. The number of carbonyl (C=O) groups excluding carboxylic acids is 1. The zero-order chi connectivity index (χ0) is 15.6. The first kappa shape index (κ1) is 15.9. The van der Waals surface area contributed by atoms with Crippen molar-refractivity contribution < 1.29 is 22.1 Å². The third-order valence-corrected chi connectivity index (χ3v) is 3.58. The topological polar surface area (TPSA) is 87.0 Å². The smallest absolute Gasteiger partial charge is 0.357 e. The second kappa shape index (κ2) is 6.12. The Labute approximate surface area is 130 Å². The quantitative estimate of drug-likeness (QED) is 0.583. The summed E-state index contributed by atoms with van der Waals surface area (Å²) >= 11 is 3.31. The summed E-state index contributed by atoms with van der Waals surface area (Å²) in [5.74, 6) is -0.584. The highest BCUT2D eigenvalue weighted by Crippen LogP contribution is 2.19. The molecule has 0 unspecified atom stereocenters. The molecular formula is C12H13BrN2O5S. The lowest BCUT2D eigenvalue weighted by atomic mass is 10.3. The van der Waals surface area contributed by atoms with E-state index in [0.717, 1.165) is 10.7 Å². The lowest BCUT2D eigenvalue weighted by Crippen LogP contribution is -2.12. The van der Waals surface area contributed by atoms with Crippen LogP contribution in [0, 0.1) is 0 Å². The number of hydrogen-bond donors (Lipinski definition) is 0. The van der Waals surface area contributed by atoms with E-state index in [2.05, 4.69) is 20.9 Å². The summed E-state index contributed by atoms with van der Waals surface area (Å²) in [5, 5.41) is 0.